The Bertz CT molecular complexity index is 482. The molecule has 0 bridgehead atoms. The van der Waals surface area contributed by atoms with Crippen molar-refractivity contribution in [3.8, 4) is 0 Å². The first-order chi connectivity index (χ1) is 8.81. The molecule has 0 saturated heterocycles. The topological polar surface area (TPSA) is 28.2 Å². The van der Waals surface area contributed by atoms with Gasteiger partial charge in [0.25, 0.3) is 0 Å². The Morgan fingerprint density at radius 2 is 2.00 bits per heavy atom. The summed E-state index contributed by atoms with van der Waals surface area (Å²) >= 11 is 0. The Hall–Kier alpha value is -1.87. The van der Waals surface area contributed by atoms with Gasteiger partial charge >= 0.3 is 0 Å². The molecule has 0 aliphatic rings. The summed E-state index contributed by atoms with van der Waals surface area (Å²) in [7, 11) is 4.08. The van der Waals surface area contributed by atoms with Crippen LogP contribution >= 0.6 is 0 Å². The van der Waals surface area contributed by atoms with Crippen molar-refractivity contribution in [3.05, 3.63) is 59.9 Å². The zero-order valence-electron chi connectivity index (χ0n) is 10.9. The van der Waals surface area contributed by atoms with Crippen LogP contribution in [0, 0.1) is 0 Å². The summed E-state index contributed by atoms with van der Waals surface area (Å²) in [4.78, 5) is 6.40. The van der Waals surface area contributed by atoms with Crippen LogP contribution in [0.4, 0.5) is 5.69 Å². The van der Waals surface area contributed by atoms with Gasteiger partial charge < -0.3 is 10.2 Å². The molecule has 2 rings (SSSR count). The molecule has 1 heterocycles. The maximum atomic E-state index is 4.15. The number of nitrogens with one attached hydrogen (secondary N) is 1. The van der Waals surface area contributed by atoms with Crippen molar-refractivity contribution in [2.24, 2.45) is 0 Å². The lowest BCUT2D eigenvalue weighted by atomic mass is 10.1. The monoisotopic (exact) mass is 241 g/mol. The molecule has 18 heavy (non-hydrogen) atoms. The fraction of sp³-hybridized carbons (Fsp3) is 0.267. The van der Waals surface area contributed by atoms with Gasteiger partial charge in [-0.05, 0) is 30.3 Å². The Labute approximate surface area is 108 Å². The first kappa shape index (κ1) is 12.6. The number of rotatable bonds is 5. The average Bonchev–Trinajstić information content (AvgIpc) is 2.41. The SMILES string of the molecule is CNCc1ccccc1N(C)Cc1cccnc1. The van der Waals surface area contributed by atoms with Gasteiger partial charge in [-0.15, -0.1) is 0 Å². The van der Waals surface area contributed by atoms with E-state index in [9.17, 15) is 0 Å². The number of benzene rings is 1. The van der Waals surface area contributed by atoms with Crippen LogP contribution in [0.3, 0.4) is 0 Å². The van der Waals surface area contributed by atoms with E-state index in [-0.39, 0.29) is 0 Å². The molecular formula is C15H19N3. The molecule has 0 saturated carbocycles. The molecule has 3 nitrogen and oxygen atoms in total. The van der Waals surface area contributed by atoms with E-state index in [1.54, 1.807) is 6.20 Å². The van der Waals surface area contributed by atoms with Crippen LogP contribution in [-0.2, 0) is 13.1 Å². The maximum Gasteiger partial charge on any atom is 0.0441 e. The largest absolute Gasteiger partial charge is 0.370 e. The summed E-state index contributed by atoms with van der Waals surface area (Å²) in [5, 5.41) is 3.20. The quantitative estimate of drug-likeness (QED) is 0.871. The lowest BCUT2D eigenvalue weighted by Gasteiger charge is -2.22. The molecule has 3 heteroatoms. The van der Waals surface area contributed by atoms with E-state index in [1.807, 2.05) is 19.3 Å². The van der Waals surface area contributed by atoms with Crippen molar-refractivity contribution in [2.75, 3.05) is 19.0 Å². The number of aromatic nitrogens is 1. The van der Waals surface area contributed by atoms with E-state index in [2.05, 4.69) is 52.6 Å². The fourth-order valence-corrected chi connectivity index (χ4v) is 2.07. The van der Waals surface area contributed by atoms with Crippen LogP contribution in [0.25, 0.3) is 0 Å². The molecule has 0 spiro atoms. The molecule has 0 amide bonds. The lowest BCUT2D eigenvalue weighted by Crippen LogP contribution is -2.19. The minimum absolute atomic E-state index is 0.870. The molecular weight excluding hydrogens is 222 g/mol. The van der Waals surface area contributed by atoms with E-state index in [1.165, 1.54) is 16.8 Å². The van der Waals surface area contributed by atoms with Gasteiger partial charge in [-0.2, -0.15) is 0 Å². The van der Waals surface area contributed by atoms with Crippen molar-refractivity contribution in [1.29, 1.82) is 0 Å². The smallest absolute Gasteiger partial charge is 0.0441 e. The standard InChI is InChI=1S/C15H19N3/c1-16-11-14-7-3-4-8-15(14)18(2)12-13-6-5-9-17-10-13/h3-10,16H,11-12H2,1-2H3. The number of hydrogen-bond acceptors (Lipinski definition) is 3. The molecule has 0 unspecified atom stereocenters. The van der Waals surface area contributed by atoms with Crippen molar-refractivity contribution >= 4 is 5.69 Å². The second kappa shape index (κ2) is 6.17. The summed E-state index contributed by atoms with van der Waals surface area (Å²) in [5.41, 5.74) is 3.79. The third-order valence-corrected chi connectivity index (χ3v) is 2.91. The number of anilines is 1. The van der Waals surface area contributed by atoms with Crippen molar-refractivity contribution < 1.29 is 0 Å². The Balaban J connectivity index is 2.16. The predicted molar refractivity (Wildman–Crippen MR) is 75.5 cm³/mol. The van der Waals surface area contributed by atoms with Gasteiger partial charge in [0.15, 0.2) is 0 Å². The third kappa shape index (κ3) is 3.08. The zero-order valence-corrected chi connectivity index (χ0v) is 10.9. The van der Waals surface area contributed by atoms with E-state index >= 15 is 0 Å². The molecule has 1 aromatic heterocycles. The molecule has 1 aromatic carbocycles. The van der Waals surface area contributed by atoms with Gasteiger partial charge in [-0.1, -0.05) is 24.3 Å². The number of nitrogens with zero attached hydrogens (tertiary/aromatic N) is 2. The number of pyridine rings is 1. The van der Waals surface area contributed by atoms with Crippen molar-refractivity contribution in [3.63, 3.8) is 0 Å². The van der Waals surface area contributed by atoms with Gasteiger partial charge in [0.2, 0.25) is 0 Å². The van der Waals surface area contributed by atoms with Gasteiger partial charge in [0, 0.05) is 38.2 Å². The van der Waals surface area contributed by atoms with Crippen LogP contribution in [0.5, 0.6) is 0 Å². The highest BCUT2D eigenvalue weighted by atomic mass is 15.1. The van der Waals surface area contributed by atoms with Crippen LogP contribution in [0.2, 0.25) is 0 Å². The first-order valence-corrected chi connectivity index (χ1v) is 6.14. The highest BCUT2D eigenvalue weighted by molar-refractivity contribution is 5.53. The number of hydrogen-bond donors (Lipinski definition) is 1. The van der Waals surface area contributed by atoms with E-state index in [4.69, 9.17) is 0 Å². The summed E-state index contributed by atoms with van der Waals surface area (Å²) in [6, 6.07) is 12.5. The van der Waals surface area contributed by atoms with E-state index in [0.29, 0.717) is 0 Å². The van der Waals surface area contributed by atoms with E-state index in [0.717, 1.165) is 13.1 Å². The van der Waals surface area contributed by atoms with E-state index < -0.39 is 0 Å². The fourth-order valence-electron chi connectivity index (χ4n) is 2.07. The minimum atomic E-state index is 0.870. The van der Waals surface area contributed by atoms with Crippen molar-refractivity contribution in [1.82, 2.24) is 10.3 Å². The van der Waals surface area contributed by atoms with Gasteiger partial charge in [-0.3, -0.25) is 4.98 Å². The zero-order chi connectivity index (χ0) is 12.8. The summed E-state index contributed by atoms with van der Waals surface area (Å²) < 4.78 is 0. The molecule has 0 aliphatic carbocycles. The van der Waals surface area contributed by atoms with Gasteiger partial charge in [-0.25, -0.2) is 0 Å². The average molecular weight is 241 g/mol. The third-order valence-electron chi connectivity index (χ3n) is 2.91. The number of para-hydroxylation sites is 1. The predicted octanol–water partition coefficient (Wildman–Crippen LogP) is 2.44. The lowest BCUT2D eigenvalue weighted by molar-refractivity contribution is 0.805. The highest BCUT2D eigenvalue weighted by Gasteiger charge is 2.06. The van der Waals surface area contributed by atoms with Crippen LogP contribution < -0.4 is 10.2 Å². The van der Waals surface area contributed by atoms with Gasteiger partial charge in [0.1, 0.15) is 0 Å². The van der Waals surface area contributed by atoms with Crippen LogP contribution in [0.15, 0.2) is 48.8 Å². The summed E-state index contributed by atoms with van der Waals surface area (Å²) in [5.74, 6) is 0. The molecule has 0 aliphatic heterocycles. The van der Waals surface area contributed by atoms with Crippen LogP contribution in [0.1, 0.15) is 11.1 Å². The Morgan fingerprint density at radius 1 is 1.17 bits per heavy atom. The normalized spacial score (nSPS) is 10.3. The summed E-state index contributed by atoms with van der Waals surface area (Å²) in [6.45, 7) is 1.75. The maximum absolute atomic E-state index is 4.15. The summed E-state index contributed by atoms with van der Waals surface area (Å²) in [6.07, 6.45) is 3.72. The minimum Gasteiger partial charge on any atom is -0.370 e. The van der Waals surface area contributed by atoms with Gasteiger partial charge in [0.05, 0.1) is 0 Å². The molecule has 2 aromatic rings. The molecule has 0 radical (unpaired) electrons. The molecule has 1 N–H and O–H groups in total. The second-order valence-corrected chi connectivity index (χ2v) is 4.38. The highest BCUT2D eigenvalue weighted by Crippen LogP contribution is 2.20. The Kier molecular flexibility index (Phi) is 4.31. The molecule has 0 atom stereocenters. The molecule has 0 fully saturated rings. The Morgan fingerprint density at radius 3 is 2.72 bits per heavy atom. The van der Waals surface area contributed by atoms with Crippen molar-refractivity contribution in [2.45, 2.75) is 13.1 Å². The molecule has 94 valence electrons. The first-order valence-electron chi connectivity index (χ1n) is 6.14. The second-order valence-electron chi connectivity index (χ2n) is 4.38. The van der Waals surface area contributed by atoms with Crippen LogP contribution in [-0.4, -0.2) is 19.1 Å².